The van der Waals surface area contributed by atoms with Gasteiger partial charge in [-0.05, 0) is 30.3 Å². The Morgan fingerprint density at radius 1 is 1.17 bits per heavy atom. The number of para-hydroxylation sites is 1. The van der Waals surface area contributed by atoms with Gasteiger partial charge in [0.2, 0.25) is 0 Å². The van der Waals surface area contributed by atoms with Gasteiger partial charge in [0.1, 0.15) is 5.82 Å². The minimum Gasteiger partial charge on any atom is -0.382 e. The summed E-state index contributed by atoms with van der Waals surface area (Å²) < 4.78 is 19.5. The van der Waals surface area contributed by atoms with Crippen molar-refractivity contribution in [3.8, 4) is 0 Å². The van der Waals surface area contributed by atoms with Crippen molar-refractivity contribution in [1.29, 1.82) is 0 Å². The molecule has 3 rings (SSSR count). The van der Waals surface area contributed by atoms with Gasteiger partial charge in [-0.15, -0.1) is 0 Å². The molecule has 1 aliphatic rings. The van der Waals surface area contributed by atoms with Crippen LogP contribution in [-0.4, -0.2) is 27.6 Å². The van der Waals surface area contributed by atoms with Gasteiger partial charge in [-0.3, -0.25) is 0 Å². The van der Waals surface area contributed by atoms with Crippen LogP contribution >= 0.6 is 11.6 Å². The third kappa shape index (κ3) is 3.62. The lowest BCUT2D eigenvalue weighted by molar-refractivity contribution is -0.0919. The molecule has 1 aliphatic heterocycles. The quantitative estimate of drug-likeness (QED) is 0.777. The van der Waals surface area contributed by atoms with E-state index in [1.807, 2.05) is 18.2 Å². The summed E-state index contributed by atoms with van der Waals surface area (Å²) in [7, 11) is 5.76. The summed E-state index contributed by atoms with van der Waals surface area (Å²) in [4.78, 5) is 0. The maximum atomic E-state index is 14.3. The molecule has 0 saturated carbocycles. The van der Waals surface area contributed by atoms with Crippen LogP contribution in [0.4, 0.5) is 21.5 Å². The molecule has 118 valence electrons. The van der Waals surface area contributed by atoms with Gasteiger partial charge in [0.05, 0.1) is 37.5 Å². The molecule has 23 heavy (non-hydrogen) atoms. The molecule has 0 bridgehead atoms. The first-order chi connectivity index (χ1) is 11.1. The smallest absolute Gasteiger partial charge is 0.148 e. The van der Waals surface area contributed by atoms with Crippen LogP contribution in [0.25, 0.3) is 0 Å². The predicted octanol–water partition coefficient (Wildman–Crippen LogP) is 4.24. The van der Waals surface area contributed by atoms with E-state index in [0.29, 0.717) is 42.5 Å². The van der Waals surface area contributed by atoms with Gasteiger partial charge in [0, 0.05) is 17.6 Å². The molecule has 1 heterocycles. The molecule has 2 aromatic carbocycles. The summed E-state index contributed by atoms with van der Waals surface area (Å²) in [5.74, 6) is -0.325. The van der Waals surface area contributed by atoms with E-state index in [0.717, 1.165) is 5.69 Å². The van der Waals surface area contributed by atoms with Crippen LogP contribution in [0.2, 0.25) is 11.3 Å². The Kier molecular flexibility index (Phi) is 4.78. The van der Waals surface area contributed by atoms with Gasteiger partial charge in [0.15, 0.2) is 0 Å². The molecule has 1 fully saturated rings. The Labute approximate surface area is 141 Å². The molecule has 0 aromatic heterocycles. The van der Waals surface area contributed by atoms with E-state index in [2.05, 4.69) is 10.6 Å². The molecule has 2 radical (unpaired) electrons. The lowest BCUT2D eigenvalue weighted by atomic mass is 9.74. The van der Waals surface area contributed by atoms with Gasteiger partial charge in [-0.2, -0.15) is 0 Å². The first-order valence-electron chi connectivity index (χ1n) is 7.45. The molecular formula is C17H17BClFN2O. The summed E-state index contributed by atoms with van der Waals surface area (Å²) in [6, 6.07) is 12.3. The van der Waals surface area contributed by atoms with Gasteiger partial charge < -0.3 is 15.4 Å². The SMILES string of the molecule is [B]CC1(CNc2ccc(Nc3ccccc3Cl)cc2F)COC1. The third-order valence-electron chi connectivity index (χ3n) is 4.03. The zero-order valence-electron chi connectivity index (χ0n) is 12.6. The number of anilines is 3. The Bertz CT molecular complexity index is 689. The highest BCUT2D eigenvalue weighted by Gasteiger charge is 2.36. The highest BCUT2D eigenvalue weighted by Crippen LogP contribution is 2.32. The summed E-state index contributed by atoms with van der Waals surface area (Å²) in [6.07, 6.45) is 0.522. The van der Waals surface area contributed by atoms with Crippen LogP contribution in [-0.2, 0) is 4.74 Å². The van der Waals surface area contributed by atoms with Crippen molar-refractivity contribution in [2.24, 2.45) is 5.41 Å². The van der Waals surface area contributed by atoms with Crippen molar-refractivity contribution in [3.63, 3.8) is 0 Å². The number of benzene rings is 2. The Balaban J connectivity index is 1.67. The first-order valence-corrected chi connectivity index (χ1v) is 7.82. The molecule has 0 aliphatic carbocycles. The Morgan fingerprint density at radius 3 is 2.57 bits per heavy atom. The van der Waals surface area contributed by atoms with Gasteiger partial charge in [0.25, 0.3) is 0 Å². The maximum Gasteiger partial charge on any atom is 0.148 e. The normalized spacial score (nSPS) is 15.7. The second kappa shape index (κ2) is 6.81. The van der Waals surface area contributed by atoms with Crippen molar-refractivity contribution >= 4 is 36.5 Å². The maximum absolute atomic E-state index is 14.3. The average molecular weight is 331 g/mol. The van der Waals surface area contributed by atoms with Crippen molar-refractivity contribution in [1.82, 2.24) is 0 Å². The van der Waals surface area contributed by atoms with Crippen LogP contribution in [0.15, 0.2) is 42.5 Å². The van der Waals surface area contributed by atoms with E-state index in [1.165, 1.54) is 6.07 Å². The van der Waals surface area contributed by atoms with Crippen molar-refractivity contribution < 1.29 is 9.13 Å². The predicted molar refractivity (Wildman–Crippen MR) is 93.4 cm³/mol. The van der Waals surface area contributed by atoms with E-state index in [-0.39, 0.29) is 11.2 Å². The molecule has 0 unspecified atom stereocenters. The second-order valence-corrected chi connectivity index (χ2v) is 6.26. The lowest BCUT2D eigenvalue weighted by Gasteiger charge is -2.41. The van der Waals surface area contributed by atoms with Gasteiger partial charge in [-0.25, -0.2) is 4.39 Å². The molecular weight excluding hydrogens is 313 g/mol. The molecule has 3 nitrogen and oxygen atoms in total. The van der Waals surface area contributed by atoms with Crippen molar-refractivity contribution in [3.05, 3.63) is 53.3 Å². The number of rotatable bonds is 6. The van der Waals surface area contributed by atoms with Crippen molar-refractivity contribution in [2.45, 2.75) is 6.32 Å². The fourth-order valence-electron chi connectivity index (χ4n) is 2.42. The van der Waals surface area contributed by atoms with Gasteiger partial charge >= 0.3 is 0 Å². The van der Waals surface area contributed by atoms with E-state index in [9.17, 15) is 4.39 Å². The zero-order valence-corrected chi connectivity index (χ0v) is 13.4. The molecule has 0 atom stereocenters. The molecule has 2 N–H and O–H groups in total. The average Bonchev–Trinajstić information content (AvgIpc) is 2.51. The molecule has 1 saturated heterocycles. The van der Waals surface area contributed by atoms with Crippen LogP contribution in [0.3, 0.4) is 0 Å². The Morgan fingerprint density at radius 2 is 1.96 bits per heavy atom. The molecule has 2 aromatic rings. The summed E-state index contributed by atoms with van der Waals surface area (Å²) in [5.41, 5.74) is 1.75. The van der Waals surface area contributed by atoms with Crippen LogP contribution in [0, 0.1) is 11.2 Å². The highest BCUT2D eigenvalue weighted by molar-refractivity contribution is 6.33. The van der Waals surface area contributed by atoms with Gasteiger partial charge in [-0.1, -0.05) is 30.1 Å². The van der Waals surface area contributed by atoms with Crippen molar-refractivity contribution in [2.75, 3.05) is 30.4 Å². The fourth-order valence-corrected chi connectivity index (χ4v) is 2.60. The van der Waals surface area contributed by atoms with E-state index >= 15 is 0 Å². The van der Waals surface area contributed by atoms with E-state index in [4.69, 9.17) is 24.2 Å². The number of halogens is 2. The summed E-state index contributed by atoms with van der Waals surface area (Å²) >= 11 is 6.09. The Hall–Kier alpha value is -1.72. The first kappa shape index (κ1) is 16.2. The monoisotopic (exact) mass is 330 g/mol. The minimum absolute atomic E-state index is 0.0824. The van der Waals surface area contributed by atoms with E-state index in [1.54, 1.807) is 18.2 Å². The molecule has 0 amide bonds. The second-order valence-electron chi connectivity index (χ2n) is 5.85. The molecule has 0 spiro atoms. The highest BCUT2D eigenvalue weighted by atomic mass is 35.5. The summed E-state index contributed by atoms with van der Waals surface area (Å²) in [6.45, 7) is 1.83. The minimum atomic E-state index is -0.325. The number of nitrogens with one attached hydrogen (secondary N) is 2. The topological polar surface area (TPSA) is 33.3 Å². The zero-order chi connectivity index (χ0) is 16.3. The van der Waals surface area contributed by atoms with Crippen LogP contribution in [0.1, 0.15) is 0 Å². The van der Waals surface area contributed by atoms with E-state index < -0.39 is 0 Å². The summed E-state index contributed by atoms with van der Waals surface area (Å²) in [5, 5.41) is 6.81. The number of hydrogen-bond acceptors (Lipinski definition) is 3. The number of ether oxygens (including phenoxy) is 1. The fraction of sp³-hybridized carbons (Fsp3) is 0.294. The molecule has 6 heteroatoms. The van der Waals surface area contributed by atoms with Crippen LogP contribution in [0.5, 0.6) is 0 Å². The van der Waals surface area contributed by atoms with Crippen LogP contribution < -0.4 is 10.6 Å². The third-order valence-corrected chi connectivity index (χ3v) is 4.35. The largest absolute Gasteiger partial charge is 0.382 e. The number of hydrogen-bond donors (Lipinski definition) is 2. The lowest BCUT2D eigenvalue weighted by Crippen LogP contribution is -2.47. The standard InChI is InChI=1S/C17H17BClFN2O/c18-8-17(10-23-11-17)9-21-16-6-5-12(7-14(16)20)22-15-4-2-1-3-13(15)19/h1-7,21-22H,8-11H2.